The highest BCUT2D eigenvalue weighted by molar-refractivity contribution is 5.95. The van der Waals surface area contributed by atoms with Gasteiger partial charge < -0.3 is 10.6 Å². The van der Waals surface area contributed by atoms with Gasteiger partial charge in [0.05, 0.1) is 5.39 Å². The molecule has 0 aromatic carbocycles. The van der Waals surface area contributed by atoms with Crippen molar-refractivity contribution in [2.75, 3.05) is 19.6 Å². The lowest BCUT2D eigenvalue weighted by atomic mass is 10.1. The topological polar surface area (TPSA) is 98.0 Å². The SMILES string of the molecule is Cc1cc(C(=O)NCC2=CCNCC2)nc2c1c(=O)n(C)c(=O)n2C.Cl.Cl. The molecule has 0 saturated heterocycles. The number of nitrogens with zero attached hydrogens (tertiary/aromatic N) is 3. The second-order valence-electron chi connectivity index (χ2n) is 6.23. The number of nitrogens with one attached hydrogen (secondary N) is 2. The van der Waals surface area contributed by atoms with Crippen LogP contribution in [0.1, 0.15) is 22.5 Å². The fourth-order valence-electron chi connectivity index (χ4n) is 2.96. The van der Waals surface area contributed by atoms with Crippen LogP contribution < -0.4 is 21.9 Å². The Labute approximate surface area is 168 Å². The third-order valence-electron chi connectivity index (χ3n) is 4.47. The molecule has 0 radical (unpaired) electrons. The summed E-state index contributed by atoms with van der Waals surface area (Å²) in [5.74, 6) is -0.322. The van der Waals surface area contributed by atoms with Crippen LogP contribution in [-0.4, -0.2) is 39.7 Å². The molecule has 8 nitrogen and oxygen atoms in total. The Morgan fingerprint density at radius 2 is 1.96 bits per heavy atom. The molecule has 1 amide bonds. The van der Waals surface area contributed by atoms with Crippen molar-refractivity contribution in [1.29, 1.82) is 0 Å². The van der Waals surface area contributed by atoms with Crippen molar-refractivity contribution in [3.8, 4) is 0 Å². The van der Waals surface area contributed by atoms with Crippen LogP contribution in [0.15, 0.2) is 27.3 Å². The number of fused-ring (bicyclic) bond motifs is 1. The first-order valence-electron chi connectivity index (χ1n) is 8.14. The molecule has 0 atom stereocenters. The highest BCUT2D eigenvalue weighted by atomic mass is 35.5. The van der Waals surface area contributed by atoms with Crippen molar-refractivity contribution in [1.82, 2.24) is 24.8 Å². The maximum Gasteiger partial charge on any atom is 0.332 e. The van der Waals surface area contributed by atoms with Crippen LogP contribution in [0.5, 0.6) is 0 Å². The molecule has 3 heterocycles. The molecule has 0 aliphatic carbocycles. The fourth-order valence-corrected chi connectivity index (χ4v) is 2.96. The van der Waals surface area contributed by atoms with Gasteiger partial charge in [0.1, 0.15) is 11.3 Å². The molecule has 2 aromatic rings. The predicted molar refractivity (Wildman–Crippen MR) is 109 cm³/mol. The first-order valence-corrected chi connectivity index (χ1v) is 8.14. The molecule has 0 saturated carbocycles. The summed E-state index contributed by atoms with van der Waals surface area (Å²) in [6, 6.07) is 1.58. The molecule has 1 aliphatic rings. The second-order valence-corrected chi connectivity index (χ2v) is 6.23. The summed E-state index contributed by atoms with van der Waals surface area (Å²) < 4.78 is 2.33. The van der Waals surface area contributed by atoms with E-state index in [1.807, 2.05) is 0 Å². The van der Waals surface area contributed by atoms with E-state index in [0.29, 0.717) is 17.5 Å². The molecule has 27 heavy (non-hydrogen) atoms. The molecule has 1 aliphatic heterocycles. The summed E-state index contributed by atoms with van der Waals surface area (Å²) >= 11 is 0. The van der Waals surface area contributed by atoms with Gasteiger partial charge >= 0.3 is 5.69 Å². The summed E-state index contributed by atoms with van der Waals surface area (Å²) in [5.41, 5.74) is 1.33. The summed E-state index contributed by atoms with van der Waals surface area (Å²) in [5, 5.41) is 6.42. The maximum atomic E-state index is 12.4. The molecule has 148 valence electrons. The lowest BCUT2D eigenvalue weighted by molar-refractivity contribution is 0.0952. The molecular formula is C17H23Cl2N5O3. The van der Waals surface area contributed by atoms with Crippen LogP contribution in [0.4, 0.5) is 0 Å². The fraction of sp³-hybridized carbons (Fsp3) is 0.412. The van der Waals surface area contributed by atoms with Gasteiger partial charge in [-0.3, -0.25) is 18.7 Å². The van der Waals surface area contributed by atoms with Crippen molar-refractivity contribution in [3.63, 3.8) is 0 Å². The highest BCUT2D eigenvalue weighted by Gasteiger charge is 2.16. The Morgan fingerprint density at radius 1 is 1.26 bits per heavy atom. The minimum atomic E-state index is -0.471. The van der Waals surface area contributed by atoms with Gasteiger partial charge in [0.25, 0.3) is 11.5 Å². The van der Waals surface area contributed by atoms with Gasteiger partial charge in [-0.25, -0.2) is 9.78 Å². The number of carbonyl (C=O) groups is 1. The number of aryl methyl sites for hydroxylation is 2. The van der Waals surface area contributed by atoms with E-state index in [1.165, 1.54) is 24.2 Å². The second kappa shape index (κ2) is 9.16. The molecule has 0 unspecified atom stereocenters. The molecule has 3 rings (SSSR count). The zero-order valence-corrected chi connectivity index (χ0v) is 17.0. The standard InChI is InChI=1S/C17H21N5O3.2ClH/c1-10-8-12(15(23)19-9-11-4-6-18-7-5-11)20-14-13(10)16(24)22(3)17(25)21(14)2;;/h4,8,18H,5-7,9H2,1-3H3,(H,19,23);2*1H. The Balaban J connectivity index is 0.00000182. The van der Waals surface area contributed by atoms with Crippen LogP contribution in [-0.2, 0) is 14.1 Å². The summed E-state index contributed by atoms with van der Waals surface area (Å²) in [4.78, 5) is 41.1. The van der Waals surface area contributed by atoms with Gasteiger partial charge in [0, 0.05) is 27.2 Å². The molecule has 10 heteroatoms. The van der Waals surface area contributed by atoms with Crippen molar-refractivity contribution < 1.29 is 4.79 Å². The van der Waals surface area contributed by atoms with E-state index in [0.717, 1.165) is 24.1 Å². The summed E-state index contributed by atoms with van der Waals surface area (Å²) in [6.45, 7) is 3.92. The molecule has 0 spiro atoms. The quantitative estimate of drug-likeness (QED) is 0.708. The van der Waals surface area contributed by atoms with E-state index in [9.17, 15) is 14.4 Å². The number of rotatable bonds is 3. The van der Waals surface area contributed by atoms with Gasteiger partial charge in [-0.05, 0) is 31.5 Å². The van der Waals surface area contributed by atoms with E-state index in [1.54, 1.807) is 13.0 Å². The summed E-state index contributed by atoms with van der Waals surface area (Å²) in [7, 11) is 2.97. The number of amides is 1. The van der Waals surface area contributed by atoms with Crippen LogP contribution in [0.25, 0.3) is 11.0 Å². The highest BCUT2D eigenvalue weighted by Crippen LogP contribution is 2.13. The Kier molecular flexibility index (Phi) is 7.77. The lowest BCUT2D eigenvalue weighted by Gasteiger charge is -2.15. The van der Waals surface area contributed by atoms with Crippen LogP contribution >= 0.6 is 24.8 Å². The average molecular weight is 416 g/mol. The molecule has 2 aromatic heterocycles. The normalized spacial score (nSPS) is 13.4. The lowest BCUT2D eigenvalue weighted by Crippen LogP contribution is -2.38. The van der Waals surface area contributed by atoms with Gasteiger partial charge in [0.15, 0.2) is 0 Å². The van der Waals surface area contributed by atoms with Crippen LogP contribution in [0.3, 0.4) is 0 Å². The number of hydrogen-bond acceptors (Lipinski definition) is 5. The first kappa shape index (κ1) is 22.9. The van der Waals surface area contributed by atoms with E-state index >= 15 is 0 Å². The van der Waals surface area contributed by atoms with E-state index < -0.39 is 11.2 Å². The first-order chi connectivity index (χ1) is 11.9. The smallest absolute Gasteiger partial charge is 0.332 e. The molecule has 2 N–H and O–H groups in total. The number of hydrogen-bond donors (Lipinski definition) is 2. The van der Waals surface area contributed by atoms with Crippen LogP contribution in [0.2, 0.25) is 0 Å². The van der Waals surface area contributed by atoms with Gasteiger partial charge in [-0.1, -0.05) is 11.6 Å². The van der Waals surface area contributed by atoms with Crippen LogP contribution in [0, 0.1) is 6.92 Å². The van der Waals surface area contributed by atoms with E-state index in [-0.39, 0.29) is 42.1 Å². The molecule has 0 bridgehead atoms. The zero-order chi connectivity index (χ0) is 18.1. The Hall–Kier alpha value is -2.16. The van der Waals surface area contributed by atoms with Crippen molar-refractivity contribution in [2.45, 2.75) is 13.3 Å². The summed E-state index contributed by atoms with van der Waals surface area (Å²) in [6.07, 6.45) is 2.96. The minimum Gasteiger partial charge on any atom is -0.347 e. The third-order valence-corrected chi connectivity index (χ3v) is 4.47. The minimum absolute atomic E-state index is 0. The molecule has 0 fully saturated rings. The maximum absolute atomic E-state index is 12.4. The van der Waals surface area contributed by atoms with Gasteiger partial charge in [-0.15, -0.1) is 24.8 Å². The average Bonchev–Trinajstić information content (AvgIpc) is 2.62. The van der Waals surface area contributed by atoms with Crippen molar-refractivity contribution in [2.24, 2.45) is 14.1 Å². The third kappa shape index (κ3) is 4.40. The zero-order valence-electron chi connectivity index (χ0n) is 15.4. The van der Waals surface area contributed by atoms with Gasteiger partial charge in [0.2, 0.25) is 0 Å². The Morgan fingerprint density at radius 3 is 2.59 bits per heavy atom. The van der Waals surface area contributed by atoms with Crippen molar-refractivity contribution >= 4 is 41.8 Å². The Bertz CT molecular complexity index is 1010. The van der Waals surface area contributed by atoms with E-state index in [4.69, 9.17) is 0 Å². The number of aromatic nitrogens is 3. The van der Waals surface area contributed by atoms with Gasteiger partial charge in [-0.2, -0.15) is 0 Å². The molecular weight excluding hydrogens is 393 g/mol. The predicted octanol–water partition coefficient (Wildman–Crippen LogP) is 0.434. The number of carbonyl (C=O) groups excluding carboxylic acids is 1. The monoisotopic (exact) mass is 415 g/mol. The number of halogens is 2. The van der Waals surface area contributed by atoms with E-state index in [2.05, 4.69) is 21.7 Å². The van der Waals surface area contributed by atoms with Crippen molar-refractivity contribution in [3.05, 3.63) is 49.8 Å². The number of pyridine rings is 1. The largest absolute Gasteiger partial charge is 0.347 e.